The molecule has 8 fully saturated rings. The van der Waals surface area contributed by atoms with Gasteiger partial charge in [0.25, 0.3) is 0 Å². The molecule has 4 heteroatoms. The van der Waals surface area contributed by atoms with Crippen LogP contribution in [0.3, 0.4) is 0 Å². The molecule has 0 saturated heterocycles. The molecule has 0 heterocycles. The summed E-state index contributed by atoms with van der Waals surface area (Å²) in [5.41, 5.74) is 0. The van der Waals surface area contributed by atoms with Crippen molar-refractivity contribution in [2.24, 2.45) is 0 Å². The maximum atomic E-state index is 4.41. The molecule has 8 saturated carbocycles. The first kappa shape index (κ1) is 70.7. The summed E-state index contributed by atoms with van der Waals surface area (Å²) in [6.07, 6.45) is 104. The number of nitrogens with zero attached hydrogens (tertiary/aromatic N) is 3. The predicted octanol–water partition coefficient (Wildman–Crippen LogP) is 25.0. The summed E-state index contributed by atoms with van der Waals surface area (Å²) in [5.74, 6) is 0. The van der Waals surface area contributed by atoms with Crippen LogP contribution in [0.5, 0.6) is 0 Å². The molecule has 4 nitrogen and oxygen atoms in total. The molecular weight excluding hydrogens is 1030 g/mol. The van der Waals surface area contributed by atoms with Crippen molar-refractivity contribution in [2.45, 2.75) is 516 Å². The highest BCUT2D eigenvalue weighted by Crippen LogP contribution is 2.40. The van der Waals surface area contributed by atoms with Gasteiger partial charge >= 0.3 is 0 Å². The molecule has 5 unspecified atom stereocenters. The molecule has 0 aromatic carbocycles. The molecule has 0 spiro atoms. The van der Waals surface area contributed by atoms with Crippen molar-refractivity contribution in [2.75, 3.05) is 0 Å². The van der Waals surface area contributed by atoms with Crippen molar-refractivity contribution in [1.29, 1.82) is 0 Å². The van der Waals surface area contributed by atoms with Gasteiger partial charge < -0.3 is 5.32 Å². The molecular formula is C81H152N4. The second kappa shape index (κ2) is 45.2. The van der Waals surface area contributed by atoms with E-state index >= 15 is 0 Å². The Morgan fingerprint density at radius 2 is 0.224 bits per heavy atom. The van der Waals surface area contributed by atoms with Crippen molar-refractivity contribution < 1.29 is 0 Å². The van der Waals surface area contributed by atoms with Crippen LogP contribution in [0.25, 0.3) is 0 Å². The van der Waals surface area contributed by atoms with Crippen molar-refractivity contribution in [3.8, 4) is 0 Å². The largest absolute Gasteiger partial charge is 0.311 e. The van der Waals surface area contributed by atoms with Crippen molar-refractivity contribution in [3.63, 3.8) is 0 Å². The fraction of sp³-hybridized carbons (Fsp3) is 1.00. The fourth-order valence-corrected chi connectivity index (χ4v) is 20.6. The van der Waals surface area contributed by atoms with E-state index in [-0.39, 0.29) is 0 Å². The molecule has 0 radical (unpaired) electrons. The lowest BCUT2D eigenvalue weighted by Crippen LogP contribution is -2.51. The van der Waals surface area contributed by atoms with Crippen LogP contribution < -0.4 is 5.32 Å². The number of rotatable bonds is 11. The van der Waals surface area contributed by atoms with Crippen molar-refractivity contribution in [3.05, 3.63) is 0 Å². The Balaban J connectivity index is 1.03. The number of nitrogens with one attached hydrogen (secondary N) is 1. The molecule has 6 atom stereocenters. The monoisotopic (exact) mass is 1180 g/mol. The van der Waals surface area contributed by atoms with E-state index in [1.807, 2.05) is 0 Å². The molecule has 1 N–H and O–H groups in total. The van der Waals surface area contributed by atoms with E-state index in [1.165, 1.54) is 449 Å². The summed E-state index contributed by atoms with van der Waals surface area (Å²) in [5, 5.41) is 4.41. The fourth-order valence-electron chi connectivity index (χ4n) is 20.6. The molecule has 0 aromatic rings. The van der Waals surface area contributed by atoms with Crippen LogP contribution in [-0.2, 0) is 0 Å². The van der Waals surface area contributed by atoms with Crippen molar-refractivity contribution >= 4 is 0 Å². The zero-order valence-electron chi connectivity index (χ0n) is 57.7. The third-order valence-electron chi connectivity index (χ3n) is 25.4. The van der Waals surface area contributed by atoms with Crippen molar-refractivity contribution in [1.82, 2.24) is 20.0 Å². The van der Waals surface area contributed by atoms with Crippen LogP contribution in [0.1, 0.15) is 449 Å². The lowest BCUT2D eigenvalue weighted by molar-refractivity contribution is 0.0253. The SMILES string of the molecule is C1CCCCCC(N(C2CCCCCCCC2)C2CCCCCC(N(C3CCCCCC(NC4CCCCCCCC4)CCCC3)[C@@H]3CCCCC(N(C4CCCCCCCCCC4)C4CCCCCCCCCC4)CCC3)CCC2)CCCC1. The molecule has 496 valence electrons. The van der Waals surface area contributed by atoms with E-state index in [9.17, 15) is 0 Å². The standard InChI is InChI=1S/C81H152N4/c1-2-8-20-33-54-73(53-32-19-7-1)83(74-59-38-25-15-16-26-39-60-74)78-62-41-28-42-63-79(68-47-67-78)85(77-61-40-27-31-51-72(52-43-44-64-77)82-71-49-29-17-13-14-18-30-50-71)81-66-46-45-65-80(69-48-70-81)84(75-55-34-21-9-3-4-10-22-35-56-75)76-57-36-23-11-5-6-12-24-37-58-76/h71-82H,1-70H2/t72?,77?,78?,79?,80?,81-/m1/s1. The third kappa shape index (κ3) is 27.5. The molecule has 0 amide bonds. The summed E-state index contributed by atoms with van der Waals surface area (Å²) in [6, 6.07) is 9.02. The average molecular weight is 1180 g/mol. The maximum absolute atomic E-state index is 4.41. The van der Waals surface area contributed by atoms with E-state index in [4.69, 9.17) is 0 Å². The van der Waals surface area contributed by atoms with Gasteiger partial charge in [0.15, 0.2) is 0 Å². The quantitative estimate of drug-likeness (QED) is 0.223. The maximum Gasteiger partial charge on any atom is 0.0101 e. The molecule has 0 aromatic heterocycles. The van der Waals surface area contributed by atoms with Crippen LogP contribution in [-0.4, -0.2) is 81.2 Å². The Kier molecular flexibility index (Phi) is 37.6. The minimum Gasteiger partial charge on any atom is -0.311 e. The van der Waals surface area contributed by atoms with E-state index in [0.29, 0.717) is 0 Å². The molecule has 8 aliphatic carbocycles. The molecule has 8 rings (SSSR count). The second-order valence-corrected chi connectivity index (χ2v) is 32.1. The third-order valence-corrected chi connectivity index (χ3v) is 25.4. The van der Waals surface area contributed by atoms with Gasteiger partial charge in [0.2, 0.25) is 0 Å². The van der Waals surface area contributed by atoms with Crippen LogP contribution in [0.15, 0.2) is 0 Å². The van der Waals surface area contributed by atoms with Gasteiger partial charge in [-0.15, -0.1) is 0 Å². The van der Waals surface area contributed by atoms with E-state index in [0.717, 1.165) is 66.5 Å². The normalized spacial score (nSPS) is 31.7. The predicted molar refractivity (Wildman–Crippen MR) is 374 cm³/mol. The van der Waals surface area contributed by atoms with Gasteiger partial charge in [0, 0.05) is 66.5 Å². The lowest BCUT2D eigenvalue weighted by atomic mass is 9.86. The lowest BCUT2D eigenvalue weighted by Gasteiger charge is -2.47. The van der Waals surface area contributed by atoms with Crippen LogP contribution in [0.4, 0.5) is 0 Å². The summed E-state index contributed by atoms with van der Waals surface area (Å²) in [7, 11) is 0. The van der Waals surface area contributed by atoms with Crippen LogP contribution in [0, 0.1) is 0 Å². The summed E-state index contributed by atoms with van der Waals surface area (Å²) < 4.78 is 0. The van der Waals surface area contributed by atoms with Gasteiger partial charge in [0.1, 0.15) is 0 Å². The first-order valence-corrected chi connectivity index (χ1v) is 41.4. The Labute approximate surface area is 533 Å². The highest BCUT2D eigenvalue weighted by molar-refractivity contribution is 4.94. The first-order valence-electron chi connectivity index (χ1n) is 41.4. The Hall–Kier alpha value is -0.160. The molecule has 0 bridgehead atoms. The number of hydrogen-bond donors (Lipinski definition) is 1. The van der Waals surface area contributed by atoms with Crippen LogP contribution >= 0.6 is 0 Å². The van der Waals surface area contributed by atoms with E-state index in [2.05, 4.69) is 20.0 Å². The van der Waals surface area contributed by atoms with E-state index < -0.39 is 0 Å². The molecule has 0 aliphatic heterocycles. The summed E-state index contributed by atoms with van der Waals surface area (Å²) >= 11 is 0. The molecule has 85 heavy (non-hydrogen) atoms. The van der Waals surface area contributed by atoms with E-state index in [1.54, 1.807) is 0 Å². The Morgan fingerprint density at radius 3 is 0.400 bits per heavy atom. The highest BCUT2D eigenvalue weighted by atomic mass is 15.2. The van der Waals surface area contributed by atoms with Gasteiger partial charge in [-0.2, -0.15) is 0 Å². The van der Waals surface area contributed by atoms with Gasteiger partial charge in [-0.25, -0.2) is 0 Å². The topological polar surface area (TPSA) is 21.8 Å². The smallest absolute Gasteiger partial charge is 0.0101 e. The average Bonchev–Trinajstić information content (AvgIpc) is 3.93. The van der Waals surface area contributed by atoms with Gasteiger partial charge in [-0.3, -0.25) is 14.7 Å². The minimum atomic E-state index is 0.764. The molecule has 8 aliphatic rings. The first-order chi connectivity index (χ1) is 42.3. The Bertz CT molecular complexity index is 1480. The van der Waals surface area contributed by atoms with Gasteiger partial charge in [0.05, 0.1) is 0 Å². The van der Waals surface area contributed by atoms with Gasteiger partial charge in [-0.1, -0.05) is 308 Å². The second-order valence-electron chi connectivity index (χ2n) is 32.1. The summed E-state index contributed by atoms with van der Waals surface area (Å²) in [6.45, 7) is 0. The zero-order valence-corrected chi connectivity index (χ0v) is 57.7. The van der Waals surface area contributed by atoms with Gasteiger partial charge in [-0.05, 0) is 141 Å². The highest BCUT2D eigenvalue weighted by Gasteiger charge is 2.38. The Morgan fingerprint density at radius 1 is 0.118 bits per heavy atom. The number of hydrogen-bond acceptors (Lipinski definition) is 4. The van der Waals surface area contributed by atoms with Crippen LogP contribution in [0.2, 0.25) is 0 Å². The summed E-state index contributed by atoms with van der Waals surface area (Å²) in [4.78, 5) is 10.4. The zero-order chi connectivity index (χ0) is 58.3. The minimum absolute atomic E-state index is 0.764.